The Bertz CT molecular complexity index is 448. The second kappa shape index (κ2) is 8.66. The number of amides is 1. The van der Waals surface area contributed by atoms with Crippen LogP contribution in [0.15, 0.2) is 4.52 Å². The van der Waals surface area contributed by atoms with Crippen molar-refractivity contribution in [2.75, 3.05) is 18.8 Å². The highest BCUT2D eigenvalue weighted by atomic mass is 35.5. The minimum absolute atomic E-state index is 0. The molecule has 1 saturated heterocycles. The summed E-state index contributed by atoms with van der Waals surface area (Å²) >= 11 is 1.60. The first kappa shape index (κ1) is 18.3. The Balaban J connectivity index is 0.00000220. The minimum atomic E-state index is 0. The maximum Gasteiger partial charge on any atom is 0.230 e. The van der Waals surface area contributed by atoms with E-state index in [-0.39, 0.29) is 24.4 Å². The van der Waals surface area contributed by atoms with Gasteiger partial charge in [-0.15, -0.1) is 24.2 Å². The lowest BCUT2D eigenvalue weighted by Crippen LogP contribution is -2.50. The average molecular weight is 334 g/mol. The molecule has 2 atom stereocenters. The van der Waals surface area contributed by atoms with Gasteiger partial charge >= 0.3 is 0 Å². The Morgan fingerprint density at radius 3 is 2.90 bits per heavy atom. The number of carbonyl (C=O) groups excluding carboxylic acids is 1. The van der Waals surface area contributed by atoms with E-state index in [2.05, 4.69) is 22.7 Å². The van der Waals surface area contributed by atoms with E-state index in [4.69, 9.17) is 4.52 Å². The van der Waals surface area contributed by atoms with Crippen LogP contribution in [-0.2, 0) is 10.5 Å². The third-order valence-corrected chi connectivity index (χ3v) is 4.79. The molecule has 21 heavy (non-hydrogen) atoms. The lowest BCUT2D eigenvalue weighted by atomic mass is 9.95. The fourth-order valence-corrected chi connectivity index (χ4v) is 3.37. The van der Waals surface area contributed by atoms with Crippen molar-refractivity contribution < 1.29 is 9.32 Å². The lowest BCUT2D eigenvalue weighted by molar-refractivity contribution is -0.119. The predicted molar refractivity (Wildman–Crippen MR) is 88.0 cm³/mol. The number of carbonyl (C=O) groups is 1. The molecule has 2 heterocycles. The van der Waals surface area contributed by atoms with Crippen LogP contribution < -0.4 is 10.6 Å². The summed E-state index contributed by atoms with van der Waals surface area (Å²) in [6.45, 7) is 7.96. The molecule has 0 spiro atoms. The molecule has 2 N–H and O–H groups in total. The summed E-state index contributed by atoms with van der Waals surface area (Å²) in [6.07, 6.45) is 1.12. The number of piperidine rings is 1. The molecule has 1 amide bonds. The minimum Gasteiger partial charge on any atom is -0.361 e. The van der Waals surface area contributed by atoms with E-state index in [1.54, 1.807) is 11.8 Å². The van der Waals surface area contributed by atoms with E-state index >= 15 is 0 Å². The molecule has 2 unspecified atom stereocenters. The van der Waals surface area contributed by atoms with Crippen molar-refractivity contribution in [3.8, 4) is 0 Å². The molecule has 1 aromatic heterocycles. The van der Waals surface area contributed by atoms with Crippen molar-refractivity contribution in [1.29, 1.82) is 0 Å². The van der Waals surface area contributed by atoms with Gasteiger partial charge in [-0.05, 0) is 32.7 Å². The molecule has 0 radical (unpaired) electrons. The van der Waals surface area contributed by atoms with E-state index in [1.807, 2.05) is 13.8 Å². The normalized spacial score (nSPS) is 21.7. The molecule has 0 saturated carbocycles. The molecular formula is C14H24ClN3O2S. The van der Waals surface area contributed by atoms with E-state index in [9.17, 15) is 4.79 Å². The predicted octanol–water partition coefficient (Wildman–Crippen LogP) is 2.06. The number of nitrogens with zero attached hydrogens (tertiary/aromatic N) is 1. The van der Waals surface area contributed by atoms with Gasteiger partial charge in [0.25, 0.3) is 0 Å². The Morgan fingerprint density at radius 1 is 1.52 bits per heavy atom. The van der Waals surface area contributed by atoms with Crippen LogP contribution in [0, 0.1) is 19.8 Å². The van der Waals surface area contributed by atoms with Crippen LogP contribution in [0.3, 0.4) is 0 Å². The fraction of sp³-hybridized carbons (Fsp3) is 0.714. The zero-order valence-electron chi connectivity index (χ0n) is 12.8. The molecule has 0 bridgehead atoms. The van der Waals surface area contributed by atoms with Crippen molar-refractivity contribution in [2.24, 2.45) is 5.92 Å². The molecule has 0 aliphatic carbocycles. The van der Waals surface area contributed by atoms with Crippen LogP contribution in [0.25, 0.3) is 0 Å². The monoisotopic (exact) mass is 333 g/mol. The molecule has 7 heteroatoms. The maximum atomic E-state index is 12.0. The maximum absolute atomic E-state index is 12.0. The van der Waals surface area contributed by atoms with Crippen LogP contribution in [-0.4, -0.2) is 35.9 Å². The van der Waals surface area contributed by atoms with Gasteiger partial charge in [-0.1, -0.05) is 12.1 Å². The van der Waals surface area contributed by atoms with Gasteiger partial charge in [0.1, 0.15) is 5.76 Å². The number of hydrogen-bond acceptors (Lipinski definition) is 5. The van der Waals surface area contributed by atoms with Crippen molar-refractivity contribution in [3.63, 3.8) is 0 Å². The van der Waals surface area contributed by atoms with Crippen molar-refractivity contribution >= 4 is 30.1 Å². The number of aromatic nitrogens is 1. The smallest absolute Gasteiger partial charge is 0.230 e. The molecular weight excluding hydrogens is 310 g/mol. The first-order chi connectivity index (χ1) is 9.58. The van der Waals surface area contributed by atoms with Crippen molar-refractivity contribution in [1.82, 2.24) is 15.8 Å². The van der Waals surface area contributed by atoms with Gasteiger partial charge in [0, 0.05) is 23.9 Å². The molecule has 5 nitrogen and oxygen atoms in total. The summed E-state index contributed by atoms with van der Waals surface area (Å²) in [7, 11) is 0. The number of nitrogens with one attached hydrogen (secondary N) is 2. The zero-order valence-corrected chi connectivity index (χ0v) is 14.4. The zero-order chi connectivity index (χ0) is 14.5. The van der Waals surface area contributed by atoms with Gasteiger partial charge < -0.3 is 15.2 Å². The second-order valence-corrected chi connectivity index (χ2v) is 6.43. The second-order valence-electron chi connectivity index (χ2n) is 5.44. The molecule has 0 aromatic carbocycles. The highest BCUT2D eigenvalue weighted by Crippen LogP contribution is 2.19. The Kier molecular flexibility index (Phi) is 7.56. The molecule has 1 fully saturated rings. The highest BCUT2D eigenvalue weighted by Gasteiger charge is 2.22. The molecule has 120 valence electrons. The van der Waals surface area contributed by atoms with Gasteiger partial charge in [0.2, 0.25) is 5.91 Å². The Labute approximate surface area is 136 Å². The molecule has 1 aliphatic heterocycles. The average Bonchev–Trinajstić information content (AvgIpc) is 2.73. The Hall–Kier alpha value is -0.720. The summed E-state index contributed by atoms with van der Waals surface area (Å²) in [6, 6.07) is 0.260. The van der Waals surface area contributed by atoms with Gasteiger partial charge in [-0.3, -0.25) is 4.79 Å². The van der Waals surface area contributed by atoms with Crippen molar-refractivity contribution in [3.05, 3.63) is 17.0 Å². The number of aryl methyl sites for hydroxylation is 2. The summed E-state index contributed by atoms with van der Waals surface area (Å²) in [5, 5.41) is 10.4. The SMILES string of the molecule is Cc1noc(C)c1CSCC(=O)NC1CNCCC1C.Cl. The van der Waals surface area contributed by atoms with Crippen molar-refractivity contribution in [2.45, 2.75) is 39.0 Å². The third kappa shape index (κ3) is 5.20. The van der Waals surface area contributed by atoms with Crippen LogP contribution in [0.1, 0.15) is 30.4 Å². The third-order valence-electron chi connectivity index (χ3n) is 3.83. The van der Waals surface area contributed by atoms with Gasteiger partial charge in [0.15, 0.2) is 0 Å². The van der Waals surface area contributed by atoms with Crippen LogP contribution in [0.5, 0.6) is 0 Å². The van der Waals surface area contributed by atoms with Crippen LogP contribution in [0.4, 0.5) is 0 Å². The van der Waals surface area contributed by atoms with Gasteiger partial charge in [-0.25, -0.2) is 0 Å². The van der Waals surface area contributed by atoms with E-state index < -0.39 is 0 Å². The summed E-state index contributed by atoms with van der Waals surface area (Å²) in [5.41, 5.74) is 2.02. The highest BCUT2D eigenvalue weighted by molar-refractivity contribution is 7.99. The number of halogens is 1. The topological polar surface area (TPSA) is 67.2 Å². The number of hydrogen-bond donors (Lipinski definition) is 2. The van der Waals surface area contributed by atoms with Crippen LogP contribution in [0.2, 0.25) is 0 Å². The van der Waals surface area contributed by atoms with Crippen LogP contribution >= 0.6 is 24.2 Å². The first-order valence-electron chi connectivity index (χ1n) is 7.07. The lowest BCUT2D eigenvalue weighted by Gasteiger charge is -2.30. The first-order valence-corrected chi connectivity index (χ1v) is 8.23. The molecule has 1 aliphatic rings. The van der Waals surface area contributed by atoms with E-state index in [0.29, 0.717) is 11.7 Å². The van der Waals surface area contributed by atoms with Gasteiger partial charge in [0.05, 0.1) is 11.4 Å². The summed E-state index contributed by atoms with van der Waals surface area (Å²) < 4.78 is 5.12. The fourth-order valence-electron chi connectivity index (χ4n) is 2.39. The standard InChI is InChI=1S/C14H23N3O2S.ClH/c1-9-4-5-15-6-13(9)16-14(18)8-20-7-12-10(2)17-19-11(12)3;/h9,13,15H,4-8H2,1-3H3,(H,16,18);1H. The van der Waals surface area contributed by atoms with E-state index in [1.165, 1.54) is 0 Å². The molecule has 2 rings (SSSR count). The summed E-state index contributed by atoms with van der Waals surface area (Å²) in [5.74, 6) is 2.76. The quantitative estimate of drug-likeness (QED) is 0.863. The molecule has 1 aromatic rings. The number of rotatable bonds is 5. The van der Waals surface area contributed by atoms with Gasteiger partial charge in [-0.2, -0.15) is 0 Å². The van der Waals surface area contributed by atoms with E-state index in [0.717, 1.165) is 42.3 Å². The number of thioether (sulfide) groups is 1. The summed E-state index contributed by atoms with van der Waals surface area (Å²) in [4.78, 5) is 12.0. The largest absolute Gasteiger partial charge is 0.361 e. The Morgan fingerprint density at radius 2 is 2.29 bits per heavy atom.